The molecular weight excluding hydrogens is 226 g/mol. The molecule has 0 bridgehead atoms. The Kier molecular flexibility index (Phi) is 4.53. The van der Waals surface area contributed by atoms with Gasteiger partial charge in [-0.2, -0.15) is 0 Å². The van der Waals surface area contributed by atoms with Crippen LogP contribution in [0.1, 0.15) is 23.5 Å². The zero-order chi connectivity index (χ0) is 12.6. The number of carbonyl (C=O) groups excluding carboxylic acids is 1. The van der Waals surface area contributed by atoms with Gasteiger partial charge in [0.25, 0.3) is 5.91 Å². The Morgan fingerprint density at radius 2 is 1.61 bits per heavy atom. The van der Waals surface area contributed by atoms with Gasteiger partial charge in [0.1, 0.15) is 0 Å². The molecule has 94 valence electrons. The second-order valence-electron chi connectivity index (χ2n) is 4.09. The summed E-state index contributed by atoms with van der Waals surface area (Å²) in [5, 5.41) is 0. The van der Waals surface area contributed by atoms with Gasteiger partial charge in [0, 0.05) is 25.5 Å². The maximum absolute atomic E-state index is 11.5. The molecule has 1 aliphatic rings. The van der Waals surface area contributed by atoms with Crippen LogP contribution in [0.4, 0.5) is 0 Å². The minimum Gasteiger partial charge on any atom is -0.341 e. The summed E-state index contributed by atoms with van der Waals surface area (Å²) < 4.78 is 0. The fourth-order valence-electron chi connectivity index (χ4n) is 1.84. The number of hydrogen-bond acceptors (Lipinski definition) is 2. The molecule has 0 spiro atoms. The topological polar surface area (TPSA) is 49.0 Å². The number of imidazole rings is 1. The van der Waals surface area contributed by atoms with Crippen LogP contribution in [-0.2, 0) is 0 Å². The van der Waals surface area contributed by atoms with E-state index < -0.39 is 0 Å². The fourth-order valence-corrected chi connectivity index (χ4v) is 1.84. The zero-order valence-electron chi connectivity index (χ0n) is 10.2. The highest BCUT2D eigenvalue weighted by molar-refractivity contribution is 5.90. The number of likely N-dealkylation sites (tertiary alicyclic amines) is 1. The number of H-pyrrole nitrogens is 1. The second-order valence-corrected chi connectivity index (χ2v) is 4.09. The summed E-state index contributed by atoms with van der Waals surface area (Å²) in [6, 6.07) is 12.0. The number of nitrogens with zero attached hydrogens (tertiary/aromatic N) is 2. The molecule has 1 fully saturated rings. The van der Waals surface area contributed by atoms with Gasteiger partial charge >= 0.3 is 0 Å². The molecular formula is C14H17N3O. The monoisotopic (exact) mass is 243 g/mol. The number of amides is 1. The minimum atomic E-state index is 0.0255. The molecule has 0 radical (unpaired) electrons. The van der Waals surface area contributed by atoms with Crippen molar-refractivity contribution in [2.75, 3.05) is 13.1 Å². The Balaban J connectivity index is 0.000000169. The molecule has 1 saturated heterocycles. The minimum absolute atomic E-state index is 0.0255. The van der Waals surface area contributed by atoms with E-state index in [1.807, 2.05) is 41.3 Å². The lowest BCUT2D eigenvalue weighted by Crippen LogP contribution is -2.28. The van der Waals surface area contributed by atoms with Gasteiger partial charge in [-0.1, -0.05) is 36.4 Å². The summed E-state index contributed by atoms with van der Waals surface area (Å²) in [4.78, 5) is 20.1. The van der Waals surface area contributed by atoms with Gasteiger partial charge in [-0.05, 0) is 12.8 Å². The molecule has 1 N–H and O–H groups in total. The van der Waals surface area contributed by atoms with E-state index >= 15 is 0 Å². The van der Waals surface area contributed by atoms with Crippen LogP contribution in [-0.4, -0.2) is 33.9 Å². The third-order valence-corrected chi connectivity index (χ3v) is 2.76. The molecule has 1 aliphatic heterocycles. The summed E-state index contributed by atoms with van der Waals surface area (Å²) >= 11 is 0. The number of hydrogen-bond donors (Lipinski definition) is 1. The number of benzene rings is 1. The quantitative estimate of drug-likeness (QED) is 0.835. The highest BCUT2D eigenvalue weighted by Gasteiger charge is 2.20. The number of aromatic amines is 1. The third-order valence-electron chi connectivity index (χ3n) is 2.76. The molecule has 2 heterocycles. The SMILES string of the molecule is O=C(c1ncc[nH]1)N1CCCC1.c1ccccc1. The standard InChI is InChI=1S/C8H11N3O.C6H6/c12-8(7-9-3-4-10-7)11-5-1-2-6-11;1-2-4-6-5-3-1/h3-4H,1-2,5-6H2,(H,9,10);1-6H. The van der Waals surface area contributed by atoms with E-state index in [0.29, 0.717) is 5.82 Å². The predicted octanol–water partition coefficient (Wildman–Crippen LogP) is 2.33. The van der Waals surface area contributed by atoms with Crippen LogP contribution in [0.5, 0.6) is 0 Å². The van der Waals surface area contributed by atoms with E-state index in [-0.39, 0.29) is 5.91 Å². The molecule has 0 aliphatic carbocycles. The Morgan fingerprint density at radius 3 is 2.06 bits per heavy atom. The van der Waals surface area contributed by atoms with E-state index in [1.54, 1.807) is 12.4 Å². The smallest absolute Gasteiger partial charge is 0.289 e. The average Bonchev–Trinajstić information content (AvgIpc) is 3.14. The van der Waals surface area contributed by atoms with Crippen LogP contribution in [0.2, 0.25) is 0 Å². The van der Waals surface area contributed by atoms with Crippen molar-refractivity contribution in [3.8, 4) is 0 Å². The Morgan fingerprint density at radius 1 is 1.06 bits per heavy atom. The number of carbonyl (C=O) groups is 1. The van der Waals surface area contributed by atoms with E-state index in [0.717, 1.165) is 25.9 Å². The lowest BCUT2D eigenvalue weighted by Gasteiger charge is -2.12. The van der Waals surface area contributed by atoms with Crippen molar-refractivity contribution in [1.82, 2.24) is 14.9 Å². The van der Waals surface area contributed by atoms with Crippen LogP contribution in [0.15, 0.2) is 48.8 Å². The molecule has 1 amide bonds. The molecule has 1 aromatic heterocycles. The van der Waals surface area contributed by atoms with Crippen molar-refractivity contribution in [3.63, 3.8) is 0 Å². The molecule has 1 aromatic carbocycles. The van der Waals surface area contributed by atoms with Gasteiger partial charge in [0.15, 0.2) is 5.82 Å². The van der Waals surface area contributed by atoms with Gasteiger partial charge in [-0.25, -0.2) is 4.98 Å². The molecule has 18 heavy (non-hydrogen) atoms. The van der Waals surface area contributed by atoms with Crippen molar-refractivity contribution >= 4 is 5.91 Å². The highest BCUT2D eigenvalue weighted by atomic mass is 16.2. The highest BCUT2D eigenvalue weighted by Crippen LogP contribution is 2.09. The lowest BCUT2D eigenvalue weighted by molar-refractivity contribution is 0.0782. The van der Waals surface area contributed by atoms with Crippen molar-refractivity contribution in [3.05, 3.63) is 54.6 Å². The molecule has 3 rings (SSSR count). The second kappa shape index (κ2) is 6.59. The Hall–Kier alpha value is -2.10. The average molecular weight is 243 g/mol. The van der Waals surface area contributed by atoms with Crippen molar-refractivity contribution in [2.24, 2.45) is 0 Å². The molecule has 4 nitrogen and oxygen atoms in total. The Bertz CT molecular complexity index is 420. The van der Waals surface area contributed by atoms with Gasteiger partial charge in [0.05, 0.1) is 0 Å². The summed E-state index contributed by atoms with van der Waals surface area (Å²) in [6.45, 7) is 1.75. The summed E-state index contributed by atoms with van der Waals surface area (Å²) in [5.74, 6) is 0.481. The number of rotatable bonds is 1. The van der Waals surface area contributed by atoms with Crippen LogP contribution in [0, 0.1) is 0 Å². The maximum atomic E-state index is 11.5. The first kappa shape index (κ1) is 12.4. The van der Waals surface area contributed by atoms with E-state index in [9.17, 15) is 4.79 Å². The third kappa shape index (κ3) is 3.45. The van der Waals surface area contributed by atoms with E-state index in [2.05, 4.69) is 9.97 Å². The number of aromatic nitrogens is 2. The summed E-state index contributed by atoms with van der Waals surface area (Å²) in [7, 11) is 0. The van der Waals surface area contributed by atoms with Crippen molar-refractivity contribution in [2.45, 2.75) is 12.8 Å². The zero-order valence-corrected chi connectivity index (χ0v) is 10.2. The first-order valence-electron chi connectivity index (χ1n) is 6.16. The van der Waals surface area contributed by atoms with E-state index in [4.69, 9.17) is 0 Å². The molecule has 0 unspecified atom stereocenters. The summed E-state index contributed by atoms with van der Waals surface area (Å²) in [5.41, 5.74) is 0. The lowest BCUT2D eigenvalue weighted by atomic mass is 10.4. The van der Waals surface area contributed by atoms with Crippen LogP contribution >= 0.6 is 0 Å². The van der Waals surface area contributed by atoms with Crippen molar-refractivity contribution < 1.29 is 4.79 Å². The normalized spacial score (nSPS) is 13.9. The van der Waals surface area contributed by atoms with Crippen molar-refractivity contribution in [1.29, 1.82) is 0 Å². The van der Waals surface area contributed by atoms with Gasteiger partial charge < -0.3 is 9.88 Å². The molecule has 0 saturated carbocycles. The maximum Gasteiger partial charge on any atom is 0.289 e. The first-order valence-corrected chi connectivity index (χ1v) is 6.16. The van der Waals surface area contributed by atoms with Gasteiger partial charge in [0.2, 0.25) is 0 Å². The Labute approximate surface area is 107 Å². The van der Waals surface area contributed by atoms with Gasteiger partial charge in [-0.3, -0.25) is 4.79 Å². The molecule has 4 heteroatoms. The summed E-state index contributed by atoms with van der Waals surface area (Å²) in [6.07, 6.45) is 5.51. The molecule has 0 atom stereocenters. The molecule has 2 aromatic rings. The van der Waals surface area contributed by atoms with Gasteiger partial charge in [-0.15, -0.1) is 0 Å². The van der Waals surface area contributed by atoms with Crippen LogP contribution in [0.3, 0.4) is 0 Å². The van der Waals surface area contributed by atoms with Crippen LogP contribution < -0.4 is 0 Å². The number of nitrogens with one attached hydrogen (secondary N) is 1. The fraction of sp³-hybridized carbons (Fsp3) is 0.286. The first-order chi connectivity index (χ1) is 8.88. The van der Waals surface area contributed by atoms with E-state index in [1.165, 1.54) is 0 Å². The largest absolute Gasteiger partial charge is 0.341 e. The predicted molar refractivity (Wildman–Crippen MR) is 70.2 cm³/mol. The van der Waals surface area contributed by atoms with Crippen LogP contribution in [0.25, 0.3) is 0 Å².